The van der Waals surface area contributed by atoms with Gasteiger partial charge in [-0.2, -0.15) is 0 Å². The minimum Gasteiger partial charge on any atom is -0.354 e. The van der Waals surface area contributed by atoms with Gasteiger partial charge in [-0.15, -0.1) is 24.0 Å². The molecule has 1 aliphatic carbocycles. The molecule has 2 aliphatic rings. The maximum Gasteiger partial charge on any atom is 0.191 e. The highest BCUT2D eigenvalue weighted by atomic mass is 127. The molecule has 2 unspecified atom stereocenters. The summed E-state index contributed by atoms with van der Waals surface area (Å²) in [5.41, 5.74) is 0.627. The lowest BCUT2D eigenvalue weighted by Crippen LogP contribution is -2.50. The van der Waals surface area contributed by atoms with Gasteiger partial charge in [-0.05, 0) is 45.2 Å². The zero-order valence-electron chi connectivity index (χ0n) is 15.6. The molecule has 26 heavy (non-hydrogen) atoms. The number of piperidine rings is 1. The third-order valence-corrected chi connectivity index (χ3v) is 5.64. The van der Waals surface area contributed by atoms with Gasteiger partial charge in [0.25, 0.3) is 0 Å². The first-order valence-electron chi connectivity index (χ1n) is 9.17. The van der Waals surface area contributed by atoms with Gasteiger partial charge < -0.3 is 15.5 Å². The van der Waals surface area contributed by atoms with Crippen LogP contribution >= 0.6 is 35.6 Å². The summed E-state index contributed by atoms with van der Waals surface area (Å²) in [6.45, 7) is 6.72. The molecule has 1 aliphatic heterocycles. The second-order valence-corrected chi connectivity index (χ2v) is 7.76. The van der Waals surface area contributed by atoms with E-state index in [1.165, 1.54) is 6.07 Å². The Bertz CT molecular complexity index is 612. The average molecular weight is 495 g/mol. The fourth-order valence-electron chi connectivity index (χ4n) is 3.64. The quantitative estimate of drug-likeness (QED) is 0.378. The van der Waals surface area contributed by atoms with Gasteiger partial charge in [0.1, 0.15) is 5.82 Å². The predicted molar refractivity (Wildman–Crippen MR) is 117 cm³/mol. The lowest BCUT2D eigenvalue weighted by atomic mass is 10.0. The number of hydrogen-bond donors (Lipinski definition) is 2. The van der Waals surface area contributed by atoms with Crippen LogP contribution in [0.5, 0.6) is 0 Å². The van der Waals surface area contributed by atoms with Crippen LogP contribution in [0.1, 0.15) is 44.6 Å². The molecule has 1 aromatic rings. The van der Waals surface area contributed by atoms with Crippen molar-refractivity contribution in [3.63, 3.8) is 0 Å². The number of hydrogen-bond acceptors (Lipinski definition) is 2. The van der Waals surface area contributed by atoms with Crippen LogP contribution in [-0.4, -0.2) is 49.1 Å². The van der Waals surface area contributed by atoms with Gasteiger partial charge >= 0.3 is 0 Å². The molecule has 0 radical (unpaired) electrons. The van der Waals surface area contributed by atoms with Gasteiger partial charge in [-0.25, -0.2) is 4.39 Å². The van der Waals surface area contributed by atoms with Crippen LogP contribution in [0.2, 0.25) is 5.02 Å². The molecule has 2 N–H and O–H groups in total. The molecule has 0 aromatic heterocycles. The smallest absolute Gasteiger partial charge is 0.191 e. The number of nitrogens with one attached hydrogen (secondary N) is 2. The lowest BCUT2D eigenvalue weighted by Gasteiger charge is -2.35. The number of likely N-dealkylation sites (tertiary alicyclic amines) is 1. The number of halogens is 3. The summed E-state index contributed by atoms with van der Waals surface area (Å²) >= 11 is 6.18. The molecule has 1 saturated heterocycles. The van der Waals surface area contributed by atoms with E-state index in [0.29, 0.717) is 22.7 Å². The highest BCUT2D eigenvalue weighted by Crippen LogP contribution is 2.44. The van der Waals surface area contributed by atoms with Crippen LogP contribution in [0, 0.1) is 5.82 Å². The van der Waals surface area contributed by atoms with Crippen molar-refractivity contribution < 1.29 is 4.39 Å². The van der Waals surface area contributed by atoms with Crippen LogP contribution < -0.4 is 10.6 Å². The molecule has 3 rings (SSSR count). The van der Waals surface area contributed by atoms with E-state index < -0.39 is 0 Å². The van der Waals surface area contributed by atoms with E-state index in [9.17, 15) is 4.39 Å². The summed E-state index contributed by atoms with van der Waals surface area (Å²) in [5, 5.41) is 7.46. The van der Waals surface area contributed by atoms with E-state index in [4.69, 9.17) is 11.6 Å². The maximum atomic E-state index is 14.0. The Morgan fingerprint density at radius 2 is 1.96 bits per heavy atom. The van der Waals surface area contributed by atoms with Crippen molar-refractivity contribution in [2.75, 3.05) is 20.1 Å². The largest absolute Gasteiger partial charge is 0.354 e. The zero-order valence-corrected chi connectivity index (χ0v) is 18.7. The summed E-state index contributed by atoms with van der Waals surface area (Å²) in [6.07, 6.45) is 3.12. The van der Waals surface area contributed by atoms with Crippen molar-refractivity contribution in [2.45, 2.75) is 57.2 Å². The van der Waals surface area contributed by atoms with E-state index >= 15 is 0 Å². The van der Waals surface area contributed by atoms with E-state index in [2.05, 4.69) is 34.4 Å². The molecule has 1 saturated carbocycles. The van der Waals surface area contributed by atoms with Crippen molar-refractivity contribution in [1.82, 2.24) is 15.5 Å². The number of benzene rings is 1. The summed E-state index contributed by atoms with van der Waals surface area (Å²) < 4.78 is 14.0. The maximum absolute atomic E-state index is 14.0. The van der Waals surface area contributed by atoms with E-state index in [-0.39, 0.29) is 41.8 Å². The summed E-state index contributed by atoms with van der Waals surface area (Å²) in [7, 11) is 1.78. The Kier molecular flexibility index (Phi) is 7.97. The van der Waals surface area contributed by atoms with Crippen LogP contribution in [0.25, 0.3) is 0 Å². The Labute approximate surface area is 178 Å². The third kappa shape index (κ3) is 5.23. The second kappa shape index (κ2) is 9.55. The number of rotatable bonds is 4. The van der Waals surface area contributed by atoms with Crippen molar-refractivity contribution in [3.05, 3.63) is 34.6 Å². The van der Waals surface area contributed by atoms with Crippen LogP contribution in [-0.2, 0) is 0 Å². The molecule has 146 valence electrons. The molecule has 0 bridgehead atoms. The summed E-state index contributed by atoms with van der Waals surface area (Å²) in [5.74, 6) is 0.712. The van der Waals surface area contributed by atoms with Gasteiger partial charge in [0, 0.05) is 54.8 Å². The van der Waals surface area contributed by atoms with Crippen LogP contribution in [0.3, 0.4) is 0 Å². The Balaban J connectivity index is 0.00000243. The van der Waals surface area contributed by atoms with Gasteiger partial charge in [0.05, 0.1) is 0 Å². The SMILES string of the molecule is CN=C(NC1CCN(C(C)C)CC1)NC1CC1c1c(F)cccc1Cl.I. The minimum atomic E-state index is -0.217. The number of aliphatic imine (C=N–C) groups is 1. The van der Waals surface area contributed by atoms with Crippen LogP contribution in [0.4, 0.5) is 4.39 Å². The molecule has 2 fully saturated rings. The molecule has 1 heterocycles. The standard InChI is InChI=1S/C19H28ClFN4.HI/c1-12(2)25-9-7-13(8-10-25)23-19(22-3)24-17-11-14(17)18-15(20)5-4-6-16(18)21;/h4-6,12-14,17H,7-11H2,1-3H3,(H2,22,23,24);1H. The lowest BCUT2D eigenvalue weighted by molar-refractivity contribution is 0.167. The van der Waals surface area contributed by atoms with Crippen molar-refractivity contribution in [2.24, 2.45) is 4.99 Å². The van der Waals surface area contributed by atoms with Gasteiger partial charge in [-0.1, -0.05) is 17.7 Å². The monoisotopic (exact) mass is 494 g/mol. The van der Waals surface area contributed by atoms with Crippen molar-refractivity contribution in [1.29, 1.82) is 0 Å². The molecule has 0 amide bonds. The predicted octanol–water partition coefficient (Wildman–Crippen LogP) is 3.99. The topological polar surface area (TPSA) is 39.7 Å². The summed E-state index contributed by atoms with van der Waals surface area (Å²) in [4.78, 5) is 6.85. The Morgan fingerprint density at radius 3 is 2.54 bits per heavy atom. The van der Waals surface area contributed by atoms with E-state index in [1.807, 2.05) is 0 Å². The second-order valence-electron chi connectivity index (χ2n) is 7.35. The van der Waals surface area contributed by atoms with E-state index in [1.54, 1.807) is 19.2 Å². The first-order chi connectivity index (χ1) is 12.0. The van der Waals surface area contributed by atoms with Gasteiger partial charge in [-0.3, -0.25) is 4.99 Å². The number of nitrogens with zero attached hydrogens (tertiary/aromatic N) is 2. The van der Waals surface area contributed by atoms with Crippen molar-refractivity contribution in [3.8, 4) is 0 Å². The normalized spacial score (nSPS) is 24.3. The Hall–Kier alpha value is -0.600. The molecule has 0 spiro atoms. The molecule has 4 nitrogen and oxygen atoms in total. The van der Waals surface area contributed by atoms with E-state index in [0.717, 1.165) is 38.3 Å². The van der Waals surface area contributed by atoms with Gasteiger partial charge in [0.2, 0.25) is 0 Å². The first kappa shape index (κ1) is 21.7. The van der Waals surface area contributed by atoms with Crippen LogP contribution in [0.15, 0.2) is 23.2 Å². The molecular weight excluding hydrogens is 466 g/mol. The molecule has 1 aromatic carbocycles. The first-order valence-corrected chi connectivity index (χ1v) is 9.55. The van der Waals surface area contributed by atoms with Gasteiger partial charge in [0.15, 0.2) is 5.96 Å². The molecule has 7 heteroatoms. The third-order valence-electron chi connectivity index (χ3n) is 5.31. The zero-order chi connectivity index (χ0) is 18.0. The fourth-order valence-corrected chi connectivity index (χ4v) is 3.94. The highest BCUT2D eigenvalue weighted by molar-refractivity contribution is 14.0. The average Bonchev–Trinajstić information content (AvgIpc) is 3.33. The Morgan fingerprint density at radius 1 is 1.27 bits per heavy atom. The highest BCUT2D eigenvalue weighted by Gasteiger charge is 2.42. The number of guanidine groups is 1. The fraction of sp³-hybridized carbons (Fsp3) is 0.632. The van der Waals surface area contributed by atoms with Crippen molar-refractivity contribution >= 4 is 41.5 Å². The molecular formula is C19H29ClFIN4. The summed E-state index contributed by atoms with van der Waals surface area (Å²) in [6, 6.07) is 6.12. The molecule has 2 atom stereocenters. The minimum absolute atomic E-state index is 0.